The van der Waals surface area contributed by atoms with E-state index in [4.69, 9.17) is 28.4 Å². The molecule has 2 bridgehead atoms. The van der Waals surface area contributed by atoms with Crippen molar-refractivity contribution in [2.24, 2.45) is 5.92 Å². The first-order valence-corrected chi connectivity index (χ1v) is 48.3. The van der Waals surface area contributed by atoms with E-state index in [1.165, 1.54) is 80.2 Å². The maximum Gasteiger partial charge on any atom is 0.510 e. The molecule has 702 valence electrons. The van der Waals surface area contributed by atoms with E-state index in [1.54, 1.807) is 72.5 Å². The number of ether oxygens (including phenoxy) is 9. The predicted molar refractivity (Wildman–Crippen MR) is 488 cm³/mol. The summed E-state index contributed by atoms with van der Waals surface area (Å²) < 4.78 is 175. The van der Waals surface area contributed by atoms with Gasteiger partial charge in [0.1, 0.15) is 30.1 Å². The van der Waals surface area contributed by atoms with E-state index in [-0.39, 0.29) is 68.9 Å². The molecule has 6 aromatic heterocycles. The minimum absolute atomic E-state index is 0.0430. The molecule has 0 spiro atoms. The lowest BCUT2D eigenvalue weighted by Gasteiger charge is -2.59. The van der Waals surface area contributed by atoms with Crippen LogP contribution in [0.3, 0.4) is 0 Å². The normalized spacial score (nSPS) is 20.9. The van der Waals surface area contributed by atoms with E-state index in [1.807, 2.05) is 92.7 Å². The molecular weight excluding hydrogens is 1890 g/mol. The zero-order valence-electron chi connectivity index (χ0n) is 72.2. The first-order valence-electron chi connectivity index (χ1n) is 43.4. The van der Waals surface area contributed by atoms with E-state index >= 15 is 30.7 Å². The molecule has 0 N–H and O–H groups in total. The number of nitrogens with zero attached hydrogens (tertiary/aromatic N) is 10. The number of carbonyl (C=O) groups is 6. The fraction of sp³-hybridized carbons (Fsp3) is 0.292. The number of rotatable bonds is 12. The second kappa shape index (κ2) is 34.3. The summed E-state index contributed by atoms with van der Waals surface area (Å²) in [5.74, 6) is -10.8. The Bertz CT molecular complexity index is 7020. The smallest absolute Gasteiger partial charge is 0.451 e. The SMILES string of the molecule is COC(=O)OCOc1c2n(ccc1=O)N(C1c3ccccc3-c3scc4c3-c3c1ccc(F)c3C(F)(F)C4)C1CSCCN1C2=O.COC(=O)OCOc1c2n(ccc1=O)N(C1c3ccccc3-c3scnc3-c3c1ccc(F)c3F)C1C3CCC(CC3)N1C2=O.COC(=O)OCOc1c2n(ccc1=O)N([C@@H]1c3ccccc3-c3scc4c3-c3c1ccc(F)c3C(F)(F)C4)[C@@H]1CSCCN1C2=O. The lowest BCUT2D eigenvalue weighted by atomic mass is 9.76. The molecule has 7 aliphatic heterocycles. The van der Waals surface area contributed by atoms with E-state index in [0.717, 1.165) is 108 Å². The Balaban J connectivity index is 0.000000119. The number of amides is 3. The Morgan fingerprint density at radius 3 is 1.27 bits per heavy atom. The van der Waals surface area contributed by atoms with Crippen molar-refractivity contribution >= 4 is 93.7 Å². The highest BCUT2D eigenvalue weighted by Crippen LogP contribution is 2.62. The van der Waals surface area contributed by atoms with E-state index < -0.39 is 163 Å². The molecule has 4 unspecified atom stereocenters. The summed E-state index contributed by atoms with van der Waals surface area (Å²) in [5, 5.41) is 9.25. The van der Waals surface area contributed by atoms with Crippen molar-refractivity contribution in [3.63, 3.8) is 0 Å². The van der Waals surface area contributed by atoms with Crippen molar-refractivity contribution in [2.45, 2.75) is 93.0 Å². The summed E-state index contributed by atoms with van der Waals surface area (Å²) in [6.45, 7) is -1.36. The van der Waals surface area contributed by atoms with Crippen LogP contribution in [0.15, 0.2) is 177 Å². The molecule has 0 radical (unpaired) electrons. The zero-order chi connectivity index (χ0) is 94.8. The van der Waals surface area contributed by atoms with Gasteiger partial charge in [-0.3, -0.25) is 57.8 Å². The van der Waals surface area contributed by atoms with Crippen LogP contribution in [0.2, 0.25) is 0 Å². The van der Waals surface area contributed by atoms with Crippen LogP contribution in [0, 0.1) is 29.2 Å². The van der Waals surface area contributed by atoms with Gasteiger partial charge in [-0.25, -0.2) is 54.5 Å². The fourth-order valence-corrected chi connectivity index (χ4v) is 26.8. The Morgan fingerprint density at radius 2 is 0.832 bits per heavy atom. The fourth-order valence-electron chi connectivity index (χ4n) is 21.6. The van der Waals surface area contributed by atoms with E-state index in [2.05, 4.69) is 19.2 Å². The monoisotopic (exact) mass is 1970 g/mol. The number of hydrogen-bond donors (Lipinski definition) is 0. The summed E-state index contributed by atoms with van der Waals surface area (Å²) in [6.07, 6.45) is 1.91. The van der Waals surface area contributed by atoms with E-state index in [0.29, 0.717) is 85.6 Å². The van der Waals surface area contributed by atoms with Gasteiger partial charge in [0.05, 0.1) is 66.7 Å². The largest absolute Gasteiger partial charge is 0.510 e. The number of halogens is 8. The maximum absolute atomic E-state index is 16.0. The summed E-state index contributed by atoms with van der Waals surface area (Å²) in [4.78, 5) is 129. The van der Waals surface area contributed by atoms with Crippen LogP contribution in [0.5, 0.6) is 17.2 Å². The van der Waals surface area contributed by atoms with Gasteiger partial charge in [0.15, 0.2) is 28.7 Å². The number of pyridine rings is 3. The minimum Gasteiger partial charge on any atom is -0.451 e. The lowest BCUT2D eigenvalue weighted by molar-refractivity contribution is -0.0259. The van der Waals surface area contributed by atoms with Gasteiger partial charge in [-0.1, -0.05) is 91.0 Å². The number of aromatic nitrogens is 4. The zero-order valence-corrected chi connectivity index (χ0v) is 76.3. The molecule has 25 rings (SSSR count). The molecule has 5 fully saturated rings. The van der Waals surface area contributed by atoms with Crippen molar-refractivity contribution < 1.29 is 107 Å². The Kier molecular flexibility index (Phi) is 22.2. The number of hydrogen-bond acceptors (Lipinski definition) is 27. The average molecular weight is 1970 g/mol. The van der Waals surface area contributed by atoms with E-state index in [9.17, 15) is 47.5 Å². The van der Waals surface area contributed by atoms with Gasteiger partial charge < -0.3 is 57.3 Å². The van der Waals surface area contributed by atoms with Crippen LogP contribution in [-0.4, -0.2) is 172 Å². The van der Waals surface area contributed by atoms with Crippen molar-refractivity contribution in [3.05, 3.63) is 289 Å². The first kappa shape index (κ1) is 88.6. The highest BCUT2D eigenvalue weighted by molar-refractivity contribution is 7.99. The van der Waals surface area contributed by atoms with Gasteiger partial charge in [-0.05, 0) is 122 Å². The molecule has 6 aromatic carbocycles. The Hall–Kier alpha value is -13.6. The van der Waals surface area contributed by atoms with Crippen LogP contribution >= 0.6 is 57.5 Å². The average Bonchev–Trinajstić information content (AvgIpc) is 1.69. The van der Waals surface area contributed by atoms with Crippen LogP contribution in [0.25, 0.3) is 64.8 Å². The first-order chi connectivity index (χ1) is 66.3. The van der Waals surface area contributed by atoms with Crippen LogP contribution < -0.4 is 45.5 Å². The van der Waals surface area contributed by atoms with Gasteiger partial charge in [0.25, 0.3) is 29.6 Å². The Labute approximate surface area is 791 Å². The van der Waals surface area contributed by atoms with Crippen LogP contribution in [0.4, 0.5) is 49.5 Å². The standard InChI is InChI=1S/2C32H24F3N3O6S2.C32H26F2N4O6S/c2*1-42-31(41)44-15-43-28-21(39)8-9-37-27(28)30(40)36-10-11-45-14-22(36)38(37)26-17-4-2-3-5-18(17)29-23-16(13-46-29)12-32(34,35)25-20(33)7-6-19(26)24(23)25;1-42-32(41)44-15-43-28-22(39)12-13-36-27(28)31(40)37-17-8-6-16(7-9-17)30(37)38(36)26-18-4-2-3-5-19(18)29-25(35-14-45-29)23-20(26)10-11-21(33)24(23)34/h2*2-9,13,22,26H,10-12,14-15H2,1H3;2-5,10-14,16-17,26,30H,6-9,15H2,1H3/t22-,26-;;/m1../s1. The number of thioether (sulfide) groups is 2. The molecule has 137 heavy (non-hydrogen) atoms. The third kappa shape index (κ3) is 14.0. The molecule has 13 aliphatic rings. The van der Waals surface area contributed by atoms with Gasteiger partial charge in [-0.15, -0.1) is 34.0 Å². The lowest BCUT2D eigenvalue weighted by Crippen LogP contribution is -2.70. The topological polar surface area (TPSA) is 284 Å². The van der Waals surface area contributed by atoms with Crippen molar-refractivity contribution in [1.29, 1.82) is 0 Å². The number of carbonyl (C=O) groups excluding carboxylic acids is 6. The predicted octanol–water partition coefficient (Wildman–Crippen LogP) is 16.9. The second-order valence-electron chi connectivity index (χ2n) is 33.9. The summed E-state index contributed by atoms with van der Waals surface area (Å²) in [7, 11) is 3.38. The van der Waals surface area contributed by atoms with Crippen molar-refractivity contribution in [2.75, 3.05) is 92.8 Å². The number of fused-ring (bicyclic) bond motifs is 16. The highest BCUT2D eigenvalue weighted by Gasteiger charge is 2.58. The second-order valence-corrected chi connectivity index (χ2v) is 38.8. The van der Waals surface area contributed by atoms with Crippen molar-refractivity contribution in [3.8, 4) is 82.1 Å². The van der Waals surface area contributed by atoms with Gasteiger partial charge >= 0.3 is 18.5 Å². The Morgan fingerprint density at radius 1 is 0.438 bits per heavy atom. The summed E-state index contributed by atoms with van der Waals surface area (Å²) in [6, 6.07) is 32.1. The molecule has 28 nitrogen and oxygen atoms in total. The van der Waals surface area contributed by atoms with Gasteiger partial charge in [0, 0.05) is 129 Å². The number of methoxy groups -OCH3 is 3. The van der Waals surface area contributed by atoms with Crippen molar-refractivity contribution in [1.82, 2.24) is 33.7 Å². The molecule has 4 saturated heterocycles. The molecule has 13 heterocycles. The number of alkyl halides is 4. The summed E-state index contributed by atoms with van der Waals surface area (Å²) in [5.41, 5.74) is 7.24. The number of thiophene rings is 2. The maximum atomic E-state index is 16.0. The summed E-state index contributed by atoms with van der Waals surface area (Å²) >= 11 is 7.31. The van der Waals surface area contributed by atoms with Crippen LogP contribution in [-0.2, 0) is 53.1 Å². The molecule has 12 aromatic rings. The third-order valence-electron chi connectivity index (χ3n) is 27.1. The molecule has 6 aliphatic carbocycles. The third-order valence-corrected chi connectivity index (χ3v) is 32.1. The molecule has 41 heteroatoms. The minimum atomic E-state index is -3.45. The van der Waals surface area contributed by atoms with Gasteiger partial charge in [0.2, 0.25) is 53.9 Å². The van der Waals surface area contributed by atoms with Gasteiger partial charge in [-0.2, -0.15) is 23.5 Å². The molecule has 6 atom stereocenters. The number of benzene rings is 6. The molecule has 3 amide bonds. The van der Waals surface area contributed by atoms with Crippen LogP contribution in [0.1, 0.15) is 131 Å². The molecular formula is C96H74F8N10O18S5. The highest BCUT2D eigenvalue weighted by atomic mass is 32.2. The number of thiazole rings is 1. The quantitative estimate of drug-likeness (QED) is 0.0475. The molecule has 1 saturated carbocycles. The number of piperidine rings is 2.